The molecule has 1 N–H and O–H groups in total. The molecule has 1 aromatic rings. The van der Waals surface area contributed by atoms with E-state index >= 15 is 0 Å². The standard InChI is InChI=1S/C12H17F2N/c1-12(13,14)11-7-5-10(6-8-11)4-3-9-15-2/h5-8,15H,3-4,9H2,1-2H3. The lowest BCUT2D eigenvalue weighted by Crippen LogP contribution is -2.09. The summed E-state index contributed by atoms with van der Waals surface area (Å²) in [5.74, 6) is -2.73. The van der Waals surface area contributed by atoms with Gasteiger partial charge in [0.15, 0.2) is 0 Å². The van der Waals surface area contributed by atoms with Gasteiger partial charge in [0.05, 0.1) is 0 Å². The summed E-state index contributed by atoms with van der Waals surface area (Å²) in [7, 11) is 1.90. The van der Waals surface area contributed by atoms with E-state index in [0.717, 1.165) is 31.9 Å². The van der Waals surface area contributed by atoms with Crippen LogP contribution in [-0.4, -0.2) is 13.6 Å². The lowest BCUT2D eigenvalue weighted by Gasteiger charge is -2.10. The highest BCUT2D eigenvalue weighted by Crippen LogP contribution is 2.26. The summed E-state index contributed by atoms with van der Waals surface area (Å²) in [5.41, 5.74) is 1.19. The Labute approximate surface area is 89.5 Å². The lowest BCUT2D eigenvalue weighted by atomic mass is 10.0. The van der Waals surface area contributed by atoms with Crippen molar-refractivity contribution in [1.82, 2.24) is 5.32 Å². The molecule has 1 rings (SSSR count). The van der Waals surface area contributed by atoms with Crippen LogP contribution in [-0.2, 0) is 12.3 Å². The molecule has 0 bridgehead atoms. The second kappa shape index (κ2) is 5.21. The number of aryl methyl sites for hydroxylation is 1. The van der Waals surface area contributed by atoms with Crippen LogP contribution < -0.4 is 5.32 Å². The zero-order chi connectivity index (χ0) is 11.3. The molecular weight excluding hydrogens is 196 g/mol. The topological polar surface area (TPSA) is 12.0 Å². The van der Waals surface area contributed by atoms with Crippen molar-refractivity contribution in [2.45, 2.75) is 25.7 Å². The van der Waals surface area contributed by atoms with Crippen molar-refractivity contribution >= 4 is 0 Å². The highest BCUT2D eigenvalue weighted by molar-refractivity contribution is 5.25. The molecule has 1 nitrogen and oxygen atoms in total. The third-order valence-corrected chi connectivity index (χ3v) is 2.35. The summed E-state index contributed by atoms with van der Waals surface area (Å²) in [5, 5.41) is 3.05. The quantitative estimate of drug-likeness (QED) is 0.741. The van der Waals surface area contributed by atoms with Crippen LogP contribution in [0, 0.1) is 0 Å². The first-order chi connectivity index (χ1) is 7.04. The van der Waals surface area contributed by atoms with Crippen molar-refractivity contribution in [3.8, 4) is 0 Å². The minimum Gasteiger partial charge on any atom is -0.320 e. The van der Waals surface area contributed by atoms with Crippen LogP contribution in [0.4, 0.5) is 8.78 Å². The third kappa shape index (κ3) is 3.96. The molecule has 0 unspecified atom stereocenters. The van der Waals surface area contributed by atoms with Crippen molar-refractivity contribution in [2.75, 3.05) is 13.6 Å². The molecule has 0 amide bonds. The van der Waals surface area contributed by atoms with Crippen LogP contribution in [0.3, 0.4) is 0 Å². The van der Waals surface area contributed by atoms with Crippen LogP contribution in [0.1, 0.15) is 24.5 Å². The van der Waals surface area contributed by atoms with Gasteiger partial charge in [0.2, 0.25) is 0 Å². The predicted octanol–water partition coefficient (Wildman–Crippen LogP) is 2.95. The molecule has 1 aromatic carbocycles. The van der Waals surface area contributed by atoms with Gasteiger partial charge in [0, 0.05) is 12.5 Å². The first-order valence-electron chi connectivity index (χ1n) is 5.16. The van der Waals surface area contributed by atoms with E-state index in [1.54, 1.807) is 12.1 Å². The number of alkyl halides is 2. The Bertz CT molecular complexity index is 287. The van der Waals surface area contributed by atoms with Crippen molar-refractivity contribution in [3.63, 3.8) is 0 Å². The number of hydrogen-bond acceptors (Lipinski definition) is 1. The van der Waals surface area contributed by atoms with Crippen molar-refractivity contribution in [1.29, 1.82) is 0 Å². The molecule has 0 saturated heterocycles. The van der Waals surface area contributed by atoms with Crippen LogP contribution >= 0.6 is 0 Å². The second-order valence-electron chi connectivity index (χ2n) is 3.79. The van der Waals surface area contributed by atoms with E-state index in [-0.39, 0.29) is 5.56 Å². The van der Waals surface area contributed by atoms with Gasteiger partial charge in [-0.05, 0) is 32.0 Å². The van der Waals surface area contributed by atoms with E-state index in [0.29, 0.717) is 0 Å². The van der Waals surface area contributed by atoms with Gasteiger partial charge in [0.1, 0.15) is 0 Å². The minimum atomic E-state index is -2.73. The first kappa shape index (κ1) is 12.1. The van der Waals surface area contributed by atoms with Crippen LogP contribution in [0.2, 0.25) is 0 Å². The second-order valence-corrected chi connectivity index (χ2v) is 3.79. The molecule has 0 saturated carbocycles. The van der Waals surface area contributed by atoms with E-state index in [1.807, 2.05) is 7.05 Å². The normalized spacial score (nSPS) is 11.7. The maximum atomic E-state index is 12.9. The SMILES string of the molecule is CNCCCc1ccc(C(C)(F)F)cc1. The molecule has 0 aromatic heterocycles. The molecule has 84 valence electrons. The molecule has 0 aliphatic carbocycles. The number of hydrogen-bond donors (Lipinski definition) is 1. The van der Waals surface area contributed by atoms with Gasteiger partial charge in [-0.3, -0.25) is 0 Å². The molecule has 0 aliphatic heterocycles. The van der Waals surface area contributed by atoms with Gasteiger partial charge in [-0.1, -0.05) is 24.3 Å². The maximum absolute atomic E-state index is 12.9. The fourth-order valence-electron chi connectivity index (χ4n) is 1.43. The summed E-state index contributed by atoms with van der Waals surface area (Å²) in [6, 6.07) is 6.58. The van der Waals surface area contributed by atoms with Crippen LogP contribution in [0.25, 0.3) is 0 Å². The summed E-state index contributed by atoms with van der Waals surface area (Å²) in [4.78, 5) is 0. The van der Waals surface area contributed by atoms with Crippen molar-refractivity contribution in [3.05, 3.63) is 35.4 Å². The molecule has 0 fully saturated rings. The molecule has 0 heterocycles. The first-order valence-corrected chi connectivity index (χ1v) is 5.16. The highest BCUT2D eigenvalue weighted by Gasteiger charge is 2.23. The van der Waals surface area contributed by atoms with E-state index in [4.69, 9.17) is 0 Å². The number of rotatable bonds is 5. The monoisotopic (exact) mass is 213 g/mol. The third-order valence-electron chi connectivity index (χ3n) is 2.35. The summed E-state index contributed by atoms with van der Waals surface area (Å²) in [6.07, 6.45) is 1.95. The van der Waals surface area contributed by atoms with Crippen molar-refractivity contribution < 1.29 is 8.78 Å². The van der Waals surface area contributed by atoms with Gasteiger partial charge >= 0.3 is 0 Å². The summed E-state index contributed by atoms with van der Waals surface area (Å²) < 4.78 is 25.8. The van der Waals surface area contributed by atoms with Crippen LogP contribution in [0.15, 0.2) is 24.3 Å². The Morgan fingerprint density at radius 2 is 1.80 bits per heavy atom. The predicted molar refractivity (Wildman–Crippen MR) is 58.3 cm³/mol. The molecule has 15 heavy (non-hydrogen) atoms. The Balaban J connectivity index is 2.57. The van der Waals surface area contributed by atoms with E-state index in [1.165, 1.54) is 12.1 Å². The Morgan fingerprint density at radius 1 is 1.20 bits per heavy atom. The largest absolute Gasteiger partial charge is 0.320 e. The summed E-state index contributed by atoms with van der Waals surface area (Å²) in [6.45, 7) is 1.87. The summed E-state index contributed by atoms with van der Waals surface area (Å²) >= 11 is 0. The van der Waals surface area contributed by atoms with Crippen molar-refractivity contribution in [2.24, 2.45) is 0 Å². The van der Waals surface area contributed by atoms with Gasteiger partial charge in [0.25, 0.3) is 5.92 Å². The lowest BCUT2D eigenvalue weighted by molar-refractivity contribution is 0.0174. The molecule has 0 aliphatic rings. The Kier molecular flexibility index (Phi) is 4.21. The average molecular weight is 213 g/mol. The maximum Gasteiger partial charge on any atom is 0.270 e. The Morgan fingerprint density at radius 3 is 2.27 bits per heavy atom. The van der Waals surface area contributed by atoms with Gasteiger partial charge in [-0.2, -0.15) is 0 Å². The fourth-order valence-corrected chi connectivity index (χ4v) is 1.43. The van der Waals surface area contributed by atoms with E-state index in [9.17, 15) is 8.78 Å². The molecule has 0 radical (unpaired) electrons. The minimum absolute atomic E-state index is 0.0832. The smallest absolute Gasteiger partial charge is 0.270 e. The Hall–Kier alpha value is -0.960. The zero-order valence-electron chi connectivity index (χ0n) is 9.19. The zero-order valence-corrected chi connectivity index (χ0v) is 9.19. The van der Waals surface area contributed by atoms with E-state index < -0.39 is 5.92 Å². The average Bonchev–Trinajstić information content (AvgIpc) is 2.18. The number of benzene rings is 1. The van der Waals surface area contributed by atoms with E-state index in [2.05, 4.69) is 5.32 Å². The number of halogens is 2. The molecular formula is C12H17F2N. The molecule has 0 spiro atoms. The van der Waals surface area contributed by atoms with Gasteiger partial charge < -0.3 is 5.32 Å². The highest BCUT2D eigenvalue weighted by atomic mass is 19.3. The number of nitrogens with one attached hydrogen (secondary N) is 1. The molecule has 0 atom stereocenters. The fraction of sp³-hybridized carbons (Fsp3) is 0.500. The molecule has 3 heteroatoms. The van der Waals surface area contributed by atoms with Gasteiger partial charge in [-0.25, -0.2) is 8.78 Å². The van der Waals surface area contributed by atoms with Crippen LogP contribution in [0.5, 0.6) is 0 Å². The van der Waals surface area contributed by atoms with Gasteiger partial charge in [-0.15, -0.1) is 0 Å².